The van der Waals surface area contributed by atoms with E-state index in [9.17, 15) is 0 Å². The van der Waals surface area contributed by atoms with Crippen molar-refractivity contribution in [1.82, 2.24) is 5.16 Å². The lowest BCUT2D eigenvalue weighted by Crippen LogP contribution is -2.33. The Kier molecular flexibility index (Phi) is 4.19. The topological polar surface area (TPSA) is 26.0 Å². The predicted molar refractivity (Wildman–Crippen MR) is 101 cm³/mol. The Balaban J connectivity index is 2.13. The van der Waals surface area contributed by atoms with Crippen molar-refractivity contribution in [3.63, 3.8) is 0 Å². The molecule has 0 atom stereocenters. The third-order valence-electron chi connectivity index (χ3n) is 5.57. The van der Waals surface area contributed by atoms with Crippen molar-refractivity contribution >= 4 is 11.6 Å². The molecular weight excluding hydrogens is 294 g/mol. The van der Waals surface area contributed by atoms with Gasteiger partial charge in [0.2, 0.25) is 0 Å². The molecule has 2 heteroatoms. The van der Waals surface area contributed by atoms with Crippen LogP contribution < -0.4 is 0 Å². The number of nitrogens with zero attached hydrogens (tertiary/aromatic N) is 1. The quantitative estimate of drug-likeness (QED) is 0.670. The minimum absolute atomic E-state index is 0.233. The first kappa shape index (κ1) is 17.0. The van der Waals surface area contributed by atoms with Gasteiger partial charge < -0.3 is 4.52 Å². The molecule has 2 aromatic rings. The van der Waals surface area contributed by atoms with Crippen LogP contribution in [0.5, 0.6) is 0 Å². The molecule has 128 valence electrons. The minimum atomic E-state index is 0.233. The Hall–Kier alpha value is -1.83. The van der Waals surface area contributed by atoms with E-state index in [1.54, 1.807) is 6.26 Å². The molecule has 0 aliphatic heterocycles. The highest BCUT2D eigenvalue weighted by Crippen LogP contribution is 2.46. The van der Waals surface area contributed by atoms with Gasteiger partial charge in [-0.25, -0.2) is 0 Å². The zero-order valence-corrected chi connectivity index (χ0v) is 15.8. The minimum Gasteiger partial charge on any atom is -0.364 e. The molecule has 0 amide bonds. The van der Waals surface area contributed by atoms with Gasteiger partial charge in [0.15, 0.2) is 0 Å². The molecule has 2 nitrogen and oxygen atoms in total. The first-order valence-corrected chi connectivity index (χ1v) is 8.98. The van der Waals surface area contributed by atoms with E-state index in [0.29, 0.717) is 5.92 Å². The third-order valence-corrected chi connectivity index (χ3v) is 5.57. The number of benzene rings is 1. The maximum Gasteiger partial charge on any atom is 0.124 e. The van der Waals surface area contributed by atoms with Gasteiger partial charge in [-0.1, -0.05) is 64.9 Å². The van der Waals surface area contributed by atoms with Gasteiger partial charge in [0.1, 0.15) is 12.0 Å². The molecule has 0 radical (unpaired) electrons. The normalized spacial score (nSPS) is 19.4. The second-order valence-electron chi connectivity index (χ2n) is 8.71. The first-order valence-electron chi connectivity index (χ1n) is 8.98. The lowest BCUT2D eigenvalue weighted by molar-refractivity contribution is 0.332. The number of aromatic nitrogens is 1. The van der Waals surface area contributed by atoms with Crippen LogP contribution in [0.15, 0.2) is 35.1 Å². The number of hydrogen-bond donors (Lipinski definition) is 0. The summed E-state index contributed by atoms with van der Waals surface area (Å²) in [5, 5.41) is 4.05. The molecule has 0 unspecified atom stereocenters. The van der Waals surface area contributed by atoms with E-state index < -0.39 is 0 Å². The van der Waals surface area contributed by atoms with Crippen LogP contribution in [0.2, 0.25) is 0 Å². The molecule has 0 saturated heterocycles. The Bertz CT molecular complexity index is 748. The fourth-order valence-electron chi connectivity index (χ4n) is 3.81. The van der Waals surface area contributed by atoms with E-state index in [2.05, 4.69) is 71.0 Å². The molecular formula is C22H29NO. The predicted octanol–water partition coefficient (Wildman–Crippen LogP) is 6.22. The number of allylic oxidation sites excluding steroid dienone is 1. The van der Waals surface area contributed by atoms with Crippen molar-refractivity contribution in [3.8, 4) is 0 Å². The van der Waals surface area contributed by atoms with Gasteiger partial charge in [0, 0.05) is 6.07 Å². The molecule has 0 N–H and O–H groups in total. The van der Waals surface area contributed by atoms with Gasteiger partial charge in [-0.2, -0.15) is 0 Å². The van der Waals surface area contributed by atoms with Crippen molar-refractivity contribution in [2.24, 2.45) is 5.92 Å². The van der Waals surface area contributed by atoms with E-state index in [0.717, 1.165) is 5.69 Å². The average Bonchev–Trinajstić information content (AvgIpc) is 3.02. The molecule has 0 fully saturated rings. The largest absolute Gasteiger partial charge is 0.364 e. The number of rotatable bonds is 3. The molecule has 1 heterocycles. The van der Waals surface area contributed by atoms with Crippen LogP contribution in [0.4, 0.5) is 0 Å². The number of fused-ring (bicyclic) bond motifs is 1. The summed E-state index contributed by atoms with van der Waals surface area (Å²) in [4.78, 5) is 0. The second kappa shape index (κ2) is 5.91. The third kappa shape index (κ3) is 3.07. The molecule has 0 saturated carbocycles. The SMILES string of the molecule is CC(C)C(=Cc1ccon1)c1ccc2c(c1)C(C)(C)CCC2(C)C. The lowest BCUT2D eigenvalue weighted by Gasteiger charge is -2.42. The van der Waals surface area contributed by atoms with Crippen molar-refractivity contribution in [2.75, 3.05) is 0 Å². The van der Waals surface area contributed by atoms with Crippen molar-refractivity contribution in [1.29, 1.82) is 0 Å². The maximum absolute atomic E-state index is 4.99. The molecule has 3 rings (SSSR count). The van der Waals surface area contributed by atoms with Gasteiger partial charge in [-0.15, -0.1) is 0 Å². The summed E-state index contributed by atoms with van der Waals surface area (Å²) in [5.74, 6) is 0.430. The highest BCUT2D eigenvalue weighted by atomic mass is 16.5. The lowest BCUT2D eigenvalue weighted by atomic mass is 9.62. The van der Waals surface area contributed by atoms with Crippen LogP contribution in [0.3, 0.4) is 0 Å². The van der Waals surface area contributed by atoms with Crippen molar-refractivity contribution in [3.05, 3.63) is 52.9 Å². The van der Waals surface area contributed by atoms with Crippen molar-refractivity contribution in [2.45, 2.75) is 65.2 Å². The Morgan fingerprint density at radius 2 is 1.71 bits per heavy atom. The molecule has 0 spiro atoms. The monoisotopic (exact) mass is 323 g/mol. The Morgan fingerprint density at radius 1 is 1.04 bits per heavy atom. The van der Waals surface area contributed by atoms with Crippen LogP contribution in [0.1, 0.15) is 76.8 Å². The highest BCUT2D eigenvalue weighted by Gasteiger charge is 2.37. The maximum atomic E-state index is 4.99. The van der Waals surface area contributed by atoms with Crippen LogP contribution in [-0.2, 0) is 10.8 Å². The van der Waals surface area contributed by atoms with Gasteiger partial charge in [-0.05, 0) is 57.9 Å². The Morgan fingerprint density at radius 3 is 2.29 bits per heavy atom. The van der Waals surface area contributed by atoms with E-state index >= 15 is 0 Å². The summed E-state index contributed by atoms with van der Waals surface area (Å²) in [6, 6.07) is 8.97. The summed E-state index contributed by atoms with van der Waals surface area (Å²) in [5.41, 5.74) is 7.00. The van der Waals surface area contributed by atoms with Crippen LogP contribution in [-0.4, -0.2) is 5.16 Å². The standard InChI is InChI=1S/C22H29NO/c1-15(2)18(14-17-9-12-24-23-17)16-7-8-19-20(13-16)22(5,6)11-10-21(19,3)4/h7-9,12-15H,10-11H2,1-6H3. The number of hydrogen-bond acceptors (Lipinski definition) is 2. The van der Waals surface area contributed by atoms with Crippen molar-refractivity contribution < 1.29 is 4.52 Å². The molecule has 24 heavy (non-hydrogen) atoms. The van der Waals surface area contributed by atoms with E-state index in [1.807, 2.05) is 6.07 Å². The molecule has 1 aliphatic carbocycles. The molecule has 0 bridgehead atoms. The fourth-order valence-corrected chi connectivity index (χ4v) is 3.81. The second-order valence-corrected chi connectivity index (χ2v) is 8.71. The van der Waals surface area contributed by atoms with E-state index in [4.69, 9.17) is 4.52 Å². The molecule has 1 aliphatic rings. The average molecular weight is 323 g/mol. The van der Waals surface area contributed by atoms with Crippen LogP contribution in [0, 0.1) is 5.92 Å². The molecule has 1 aromatic carbocycles. The molecule has 1 aromatic heterocycles. The summed E-state index contributed by atoms with van der Waals surface area (Å²) in [6.45, 7) is 14.0. The fraction of sp³-hybridized carbons (Fsp3) is 0.500. The summed E-state index contributed by atoms with van der Waals surface area (Å²) in [6.07, 6.45) is 6.26. The zero-order chi connectivity index (χ0) is 17.5. The van der Waals surface area contributed by atoms with Gasteiger partial charge in [0.05, 0.1) is 0 Å². The highest BCUT2D eigenvalue weighted by molar-refractivity contribution is 5.82. The van der Waals surface area contributed by atoms with Crippen LogP contribution >= 0.6 is 0 Å². The van der Waals surface area contributed by atoms with Gasteiger partial charge in [0.25, 0.3) is 0 Å². The van der Waals surface area contributed by atoms with Crippen LogP contribution in [0.25, 0.3) is 11.6 Å². The zero-order valence-electron chi connectivity index (χ0n) is 15.8. The van der Waals surface area contributed by atoms with Gasteiger partial charge in [-0.3, -0.25) is 0 Å². The van der Waals surface area contributed by atoms with E-state index in [1.165, 1.54) is 35.1 Å². The smallest absolute Gasteiger partial charge is 0.124 e. The Labute approximate surface area is 146 Å². The van der Waals surface area contributed by atoms with E-state index in [-0.39, 0.29) is 10.8 Å². The van der Waals surface area contributed by atoms with Gasteiger partial charge >= 0.3 is 0 Å². The summed E-state index contributed by atoms with van der Waals surface area (Å²) >= 11 is 0. The summed E-state index contributed by atoms with van der Waals surface area (Å²) in [7, 11) is 0. The summed E-state index contributed by atoms with van der Waals surface area (Å²) < 4.78 is 4.99. The first-order chi connectivity index (χ1) is 11.2.